The van der Waals surface area contributed by atoms with Gasteiger partial charge in [-0.3, -0.25) is 52.7 Å². The van der Waals surface area contributed by atoms with Gasteiger partial charge in [-0.1, -0.05) is 350 Å². The van der Waals surface area contributed by atoms with Crippen LogP contribution in [0.15, 0.2) is 161 Å². The van der Waals surface area contributed by atoms with Crippen LogP contribution < -0.4 is 336 Å². The van der Waals surface area contributed by atoms with Crippen molar-refractivity contribution in [1.82, 2.24) is 37.7 Å². The van der Waals surface area contributed by atoms with Crippen molar-refractivity contribution in [2.75, 3.05) is 30.2 Å². The van der Waals surface area contributed by atoms with E-state index in [2.05, 4.69) is 169 Å². The van der Waals surface area contributed by atoms with Crippen LogP contribution in [0, 0.1) is 0 Å². The number of unbranched alkanes of at least 4 members (excludes halogenated alkanes) is 40. The van der Waals surface area contributed by atoms with E-state index >= 15 is 0 Å². The molecule has 2 atom stereocenters. The number of pyridine rings is 7. The number of hydrogen-bond donors (Lipinski definition) is 5. The van der Waals surface area contributed by atoms with E-state index < -0.39 is 5.97 Å². The maximum absolute atomic E-state index is 12.8. The number of methoxy groups -OCH3 is 2. The predicted octanol–water partition coefficient (Wildman–Crippen LogP) is 14.3. The molecular formula is C111H177BBr5Cs4N10O18S. The number of ketones is 1. The fourth-order valence-electron chi connectivity index (χ4n) is 16.3. The van der Waals surface area contributed by atoms with Crippen molar-refractivity contribution >= 4 is 171 Å². The number of carbonyl (C=O) groups is 4. The molecule has 9 heterocycles. The Morgan fingerprint density at radius 3 is 1.01 bits per heavy atom. The number of carbonyl (C=O) groups excluding carboxylic acids is 3. The van der Waals surface area contributed by atoms with Crippen molar-refractivity contribution in [3.8, 4) is 0 Å². The number of carboxylic acid groups (broad SMARTS) is 1. The third-order valence-electron chi connectivity index (χ3n) is 24.1. The number of rotatable bonds is 58. The molecule has 0 aromatic carbocycles. The van der Waals surface area contributed by atoms with Gasteiger partial charge in [0.05, 0.1) is 53.4 Å². The van der Waals surface area contributed by atoms with E-state index in [1.165, 1.54) is 260 Å². The molecule has 28 nitrogen and oxygen atoms in total. The number of nitrogens with zero attached hydrogens (tertiary/aromatic N) is 7. The minimum absolute atomic E-state index is 0. The average Bonchev–Trinajstić information content (AvgIpc) is 0.758. The maximum Gasteiger partial charge on any atom is 1.00 e. The smallest absolute Gasteiger partial charge is 1.00 e. The van der Waals surface area contributed by atoms with Crippen LogP contribution >= 0.6 is 93.5 Å². The van der Waals surface area contributed by atoms with Crippen molar-refractivity contribution in [3.05, 3.63) is 202 Å². The first-order valence-corrected chi connectivity index (χ1v) is 57.5. The van der Waals surface area contributed by atoms with E-state index in [0.29, 0.717) is 35.0 Å². The molecule has 1 radical (unpaired) electrons. The van der Waals surface area contributed by atoms with Gasteiger partial charge in [0.1, 0.15) is 12.5 Å². The van der Waals surface area contributed by atoms with Gasteiger partial charge in [0.25, 0.3) is 52.3 Å². The summed E-state index contributed by atoms with van der Waals surface area (Å²) < 4.78 is 25.1. The Balaban J connectivity index is -0.000000264. The molecular weight excluding hydrogens is 2740 g/mol. The Morgan fingerprint density at radius 1 is 0.413 bits per heavy atom. The fraction of sp³-hybridized carbons (Fsp3) is 0.631. The molecule has 0 amide bonds. The first-order valence-electron chi connectivity index (χ1n) is 53.3. The molecule has 0 fully saturated rings. The van der Waals surface area contributed by atoms with Gasteiger partial charge in [-0.15, -0.1) is 17.0 Å². The number of allylic oxidation sites excluding steroid dienone is 4. The zero-order valence-electron chi connectivity index (χ0n) is 95.5. The van der Waals surface area contributed by atoms with Gasteiger partial charge in [-0.05, 0) is 162 Å². The van der Waals surface area contributed by atoms with Gasteiger partial charge in [0, 0.05) is 114 Å². The molecule has 1 aliphatic carbocycles. The number of aromatic amines is 1. The van der Waals surface area contributed by atoms with E-state index in [-0.39, 0.29) is 366 Å². The van der Waals surface area contributed by atoms with Crippen LogP contribution in [0.1, 0.15) is 385 Å². The number of aliphatic carboxylic acids is 1. The van der Waals surface area contributed by atoms with Crippen LogP contribution in [-0.4, -0.2) is 107 Å². The van der Waals surface area contributed by atoms with Crippen LogP contribution in [0.5, 0.6) is 0 Å². The molecule has 0 spiro atoms. The van der Waals surface area contributed by atoms with Crippen LogP contribution in [0.25, 0.3) is 39.2 Å². The first kappa shape index (κ1) is 161. The second kappa shape index (κ2) is 111. The summed E-state index contributed by atoms with van der Waals surface area (Å²) in [5, 5.41) is 33.1. The number of thiol groups is 1. The zero-order chi connectivity index (χ0) is 108. The van der Waals surface area contributed by atoms with Crippen molar-refractivity contribution < 1.29 is 332 Å². The third-order valence-corrected chi connectivity index (χ3v) is 26.4. The number of hydrogen-bond acceptors (Lipinski definition) is 21. The molecule has 7 aromatic rings. The molecule has 0 saturated carbocycles. The second-order valence-corrected chi connectivity index (χ2v) is 39.5. The summed E-state index contributed by atoms with van der Waals surface area (Å²) in [6.45, 7) is 22.9. The molecule has 3 aliphatic rings. The van der Waals surface area contributed by atoms with Gasteiger partial charge in [-0.2, -0.15) is 0 Å². The molecule has 2 unspecified atom stereocenters. The van der Waals surface area contributed by atoms with Crippen molar-refractivity contribution in [2.24, 2.45) is 4.30 Å². The Hall–Kier alpha value is 0.733. The SMILES string of the molecule is Br.CC(=O)O.CCCCCCCCBr.CCCCCCCCBr.CCCCCCCCn1c(=O)c(Br)cc2c1cc(Br)c(=O)n2CCCCCCCC.CCCCCCCCn1c(=O)ccc2[nH]c(=O)ccc21.CCCCCCCCn1c(=O)ccc2c1ccc(=O)n2CCCCCCCC.CCCCCCCCn1c2c(ccc1=O)NC(OC)C=C2.COC1C=CC2=C(C=CC(=O)C2)N1.O=CO[O-].O=CO[O-].[B]=NS.[Cs+].[Cs+].[Cs+].[Cs+].[H-].[H-]. The molecule has 150 heavy (non-hydrogen) atoms. The molecule has 39 heteroatoms. The summed E-state index contributed by atoms with van der Waals surface area (Å²) in [4.78, 5) is 131. The average molecular weight is 2910 g/mol. The number of dihydropyridines is 1. The number of ether oxygens (including phenoxy) is 2. The molecule has 7 aromatic heterocycles. The minimum atomic E-state index is -0.833. The van der Waals surface area contributed by atoms with Gasteiger partial charge in [0.2, 0.25) is 5.56 Å². The fourth-order valence-corrected chi connectivity index (χ4v) is 17.9. The Morgan fingerprint density at radius 2 is 0.687 bits per heavy atom. The number of halogens is 5. The number of aryl methyl sites for hydroxylation is 5. The van der Waals surface area contributed by atoms with Crippen LogP contribution in [0.3, 0.4) is 0 Å². The molecule has 2 aliphatic heterocycles. The van der Waals surface area contributed by atoms with Gasteiger partial charge >= 0.3 is 300 Å². The number of nitrogens with one attached hydrogen (secondary N) is 3. The summed E-state index contributed by atoms with van der Waals surface area (Å²) in [6.07, 6.45) is 71.4. The third kappa shape index (κ3) is 76.0. The Bertz CT molecular complexity index is 5090. The summed E-state index contributed by atoms with van der Waals surface area (Å²) in [7, 11) is 7.65. The molecule has 0 bridgehead atoms. The standard InChI is InChI=1S/C24H36Br2N2O2.C24H38N2O2.C17H26N2O2.C16H22N2O2.C10H11NO2.2C8H17Br.C2H4O2.2CH2O3.BHNS.BrH.4Cs.2H/c1-3-5-7-9-11-13-15-27-21-17-20(26)24(30)28(16-14-12-10-8-6-4-2)22(21)18-19(25)23(27)29;1-3-5-7-9-11-13-19-25-21-15-18-24(28)26(22(21)16-17-23(25)27)20-14-12-10-8-6-4-2;1-3-4-5-6-7-8-13-19-15-10-11-16(21-2)18-14(15)9-12-17(19)20;1-2-3-4-5-6-7-12-18-14-9-10-15(19)17-13(14)8-11-16(18)20;1-13-10-5-2-7-6-8(12)3-4-9(7)11-10;2*1-2-3-4-5-6-7-8-9;1-2(3)4;2*2-1-4-3;1-2-3;;;;;;;/h17-18H,3-16H2,1-2H3;15-18H,3-14,19-20H2,1-2H3;9-12,16,18H,3-8,13H2,1-2H3;8-11H,2-7,12H2,1H3,(H,17,19);2-5,10-11H,6H2,1H3;2*2-8H2,1H3;1H3,(H,3,4);2*1,3H;3H;1H;;;;;;/q;;;;;;;;;;;;4*+1;2*-1/p-2. The number of H-pyrrole nitrogens is 1. The maximum atomic E-state index is 12.8. The van der Waals surface area contributed by atoms with Gasteiger partial charge < -0.3 is 80.7 Å². The number of anilines is 1. The van der Waals surface area contributed by atoms with Crippen molar-refractivity contribution in [1.29, 1.82) is 0 Å². The van der Waals surface area contributed by atoms with Crippen LogP contribution in [0.2, 0.25) is 0 Å². The normalized spacial score (nSPS) is 12.2. The summed E-state index contributed by atoms with van der Waals surface area (Å²) in [5.41, 5.74) is 8.94. The largest absolute Gasteiger partial charge is 1.00 e. The zero-order valence-corrected chi connectivity index (χ0v) is 128. The van der Waals surface area contributed by atoms with Gasteiger partial charge in [0.15, 0.2) is 5.78 Å². The van der Waals surface area contributed by atoms with E-state index in [0.717, 1.165) is 153 Å². The quantitative estimate of drug-likeness (QED) is 0.00449. The topological polar surface area (TPSA) is 373 Å². The van der Waals surface area contributed by atoms with Crippen molar-refractivity contribution in [2.45, 2.75) is 429 Å². The second-order valence-electron chi connectivity index (χ2n) is 35.9. The minimum Gasteiger partial charge on any atom is -1.00 e. The number of alkyl halides is 2. The van der Waals surface area contributed by atoms with Crippen LogP contribution in [-0.2, 0) is 77.7 Å². The Kier molecular flexibility index (Phi) is 119. The summed E-state index contributed by atoms with van der Waals surface area (Å²) in [5.74, 6) is -0.680. The summed E-state index contributed by atoms with van der Waals surface area (Å²) in [6, 6.07) is 20.4. The molecule has 10 rings (SSSR count). The monoisotopic (exact) mass is 2910 g/mol. The van der Waals surface area contributed by atoms with Gasteiger partial charge in [-0.25, -0.2) is 0 Å². The molecule has 0 saturated heterocycles. The van der Waals surface area contributed by atoms with Crippen molar-refractivity contribution in [3.63, 3.8) is 0 Å². The number of carboxylic acids is 1. The Labute approximate surface area is 1180 Å². The van der Waals surface area contributed by atoms with E-state index in [1.54, 1.807) is 61.3 Å². The van der Waals surface area contributed by atoms with E-state index in [9.17, 15) is 38.4 Å². The van der Waals surface area contributed by atoms with E-state index in [4.69, 9.17) is 39.5 Å². The number of aromatic nitrogens is 7. The summed E-state index contributed by atoms with van der Waals surface area (Å²) >= 11 is 16.9. The first-order chi connectivity index (χ1) is 70.3. The van der Waals surface area contributed by atoms with Crippen LogP contribution in [0.4, 0.5) is 5.69 Å². The van der Waals surface area contributed by atoms with E-state index in [1.807, 2.05) is 77.5 Å². The molecule has 827 valence electrons. The molecule has 4 N–H and O–H groups in total. The predicted molar refractivity (Wildman–Crippen MR) is 624 cm³/mol. The number of fused-ring (bicyclic) bond motifs is 4.